The fraction of sp³-hybridized carbons (Fsp3) is 0.529. The molecular formula is C17H11F13N2O4. The minimum Gasteiger partial charge on any atom is -0.289 e. The molecule has 2 aliphatic heterocycles. The van der Waals surface area contributed by atoms with Crippen molar-refractivity contribution < 1.29 is 76.3 Å². The second-order valence-corrected chi connectivity index (χ2v) is 6.95. The van der Waals surface area contributed by atoms with Crippen molar-refractivity contribution in [2.75, 3.05) is 6.54 Å². The van der Waals surface area contributed by atoms with Gasteiger partial charge in [0.15, 0.2) is 0 Å². The maximum Gasteiger partial charge on any atom is 0.460 e. The van der Waals surface area contributed by atoms with Crippen LogP contribution in [-0.4, -0.2) is 70.9 Å². The molecule has 0 spiro atoms. The van der Waals surface area contributed by atoms with Gasteiger partial charge in [-0.25, -0.2) is 0 Å². The third-order valence-electron chi connectivity index (χ3n) is 4.40. The van der Waals surface area contributed by atoms with Crippen LogP contribution in [0.3, 0.4) is 0 Å². The van der Waals surface area contributed by atoms with Crippen LogP contribution in [0.25, 0.3) is 0 Å². The number of halogens is 13. The first-order chi connectivity index (χ1) is 15.9. The fourth-order valence-corrected chi connectivity index (χ4v) is 2.43. The summed E-state index contributed by atoms with van der Waals surface area (Å²) in [6, 6.07) is 0. The highest BCUT2D eigenvalue weighted by Gasteiger charge is 2.90. The lowest BCUT2D eigenvalue weighted by molar-refractivity contribution is -0.440. The first-order valence-electron chi connectivity index (χ1n) is 8.96. The third-order valence-corrected chi connectivity index (χ3v) is 4.40. The summed E-state index contributed by atoms with van der Waals surface area (Å²) >= 11 is 0. The van der Waals surface area contributed by atoms with Crippen LogP contribution in [0.2, 0.25) is 0 Å². The van der Waals surface area contributed by atoms with Crippen molar-refractivity contribution in [1.82, 2.24) is 10.2 Å². The van der Waals surface area contributed by atoms with Crippen molar-refractivity contribution in [3.05, 3.63) is 24.3 Å². The van der Waals surface area contributed by atoms with E-state index in [1.54, 1.807) is 0 Å². The number of amides is 4. The van der Waals surface area contributed by atoms with Crippen molar-refractivity contribution in [1.29, 1.82) is 0 Å². The Bertz CT molecular complexity index is 936. The summed E-state index contributed by atoms with van der Waals surface area (Å²) in [5.74, 6) is -40.0. The van der Waals surface area contributed by atoms with Gasteiger partial charge in [-0.05, 0) is 6.42 Å². The Morgan fingerprint density at radius 1 is 0.583 bits per heavy atom. The normalized spacial score (nSPS) is 17.5. The fourth-order valence-electron chi connectivity index (χ4n) is 2.43. The van der Waals surface area contributed by atoms with Crippen LogP contribution in [0.15, 0.2) is 24.3 Å². The number of imide groups is 2. The number of nitrogens with zero attached hydrogens (tertiary/aromatic N) is 1. The standard InChI is InChI=1S/C13H8F13NO2.C4H3NO2/c14-8(15,4-1-5-27-6(28)2-3-7(27)29)9(16,17)10(18,19)11(20,21)12(22,23)13(24,25)26;6-3-1-2-4(7)5-3/h2-3H,1,4-5H2;1-2H,(H,5,6,7). The molecule has 1 N–H and O–H groups in total. The Morgan fingerprint density at radius 2 is 0.972 bits per heavy atom. The van der Waals surface area contributed by atoms with Gasteiger partial charge in [0.25, 0.3) is 23.6 Å². The Labute approximate surface area is 190 Å². The van der Waals surface area contributed by atoms with Crippen molar-refractivity contribution >= 4 is 23.6 Å². The van der Waals surface area contributed by atoms with E-state index in [0.717, 1.165) is 0 Å². The lowest BCUT2D eigenvalue weighted by Gasteiger charge is -2.39. The number of nitrogens with one attached hydrogen (secondary N) is 1. The molecule has 0 bridgehead atoms. The Kier molecular flexibility index (Phi) is 8.34. The number of rotatable bonds is 8. The van der Waals surface area contributed by atoms with E-state index < -0.39 is 67.0 Å². The minimum absolute atomic E-state index is 0.179. The molecule has 2 heterocycles. The van der Waals surface area contributed by atoms with Crippen molar-refractivity contribution in [3.8, 4) is 0 Å². The van der Waals surface area contributed by atoms with Gasteiger partial charge in [0.2, 0.25) is 0 Å². The van der Waals surface area contributed by atoms with Gasteiger partial charge in [-0.1, -0.05) is 0 Å². The minimum atomic E-state index is -7.95. The molecule has 19 heteroatoms. The zero-order chi connectivity index (χ0) is 28.5. The lowest BCUT2D eigenvalue weighted by atomic mass is 9.92. The number of carbonyl (C=O) groups is 4. The van der Waals surface area contributed by atoms with Gasteiger partial charge in [-0.2, -0.15) is 57.1 Å². The summed E-state index contributed by atoms with van der Waals surface area (Å²) in [5.41, 5.74) is 0. The SMILES string of the molecule is O=C1C=CC(=O)N1.O=C1C=CC(=O)N1CCCC(F)(F)C(F)(F)C(F)(F)C(F)(F)C(F)(F)C(F)(F)F. The zero-order valence-corrected chi connectivity index (χ0v) is 16.9. The van der Waals surface area contributed by atoms with Crippen LogP contribution in [0.1, 0.15) is 12.8 Å². The average molecular weight is 554 g/mol. The molecule has 0 aromatic carbocycles. The molecule has 0 aliphatic carbocycles. The molecule has 36 heavy (non-hydrogen) atoms. The van der Waals surface area contributed by atoms with Gasteiger partial charge >= 0.3 is 35.8 Å². The first-order valence-corrected chi connectivity index (χ1v) is 8.96. The summed E-state index contributed by atoms with van der Waals surface area (Å²) in [6.45, 7) is -1.07. The second-order valence-electron chi connectivity index (χ2n) is 6.95. The Balaban J connectivity index is 0.000000789. The molecule has 0 unspecified atom stereocenters. The molecule has 0 aromatic rings. The van der Waals surface area contributed by atoms with Gasteiger partial charge < -0.3 is 0 Å². The molecule has 2 aliphatic rings. The van der Waals surface area contributed by atoms with Gasteiger partial charge in [0, 0.05) is 37.3 Å². The van der Waals surface area contributed by atoms with Crippen LogP contribution in [0, 0.1) is 0 Å². The van der Waals surface area contributed by atoms with Gasteiger partial charge in [0.05, 0.1) is 0 Å². The van der Waals surface area contributed by atoms with E-state index in [1.165, 1.54) is 12.2 Å². The number of alkyl halides is 13. The van der Waals surface area contributed by atoms with E-state index in [4.69, 9.17) is 0 Å². The van der Waals surface area contributed by atoms with Crippen molar-refractivity contribution in [2.45, 2.75) is 48.6 Å². The van der Waals surface area contributed by atoms with Crippen LogP contribution in [0.5, 0.6) is 0 Å². The molecule has 4 amide bonds. The third kappa shape index (κ3) is 5.48. The Morgan fingerprint density at radius 3 is 1.31 bits per heavy atom. The first kappa shape index (κ1) is 30.9. The van der Waals surface area contributed by atoms with Crippen molar-refractivity contribution in [3.63, 3.8) is 0 Å². The van der Waals surface area contributed by atoms with Crippen LogP contribution >= 0.6 is 0 Å². The molecular weight excluding hydrogens is 543 g/mol. The van der Waals surface area contributed by atoms with E-state index in [-0.39, 0.29) is 16.7 Å². The van der Waals surface area contributed by atoms with E-state index in [9.17, 15) is 76.3 Å². The highest BCUT2D eigenvalue weighted by atomic mass is 19.4. The molecule has 0 aromatic heterocycles. The van der Waals surface area contributed by atoms with E-state index in [0.29, 0.717) is 12.2 Å². The van der Waals surface area contributed by atoms with E-state index in [2.05, 4.69) is 0 Å². The zero-order valence-electron chi connectivity index (χ0n) is 16.9. The maximum absolute atomic E-state index is 13.5. The van der Waals surface area contributed by atoms with Crippen LogP contribution in [0.4, 0.5) is 57.1 Å². The molecule has 0 fully saturated rings. The van der Waals surface area contributed by atoms with E-state index in [1.807, 2.05) is 5.32 Å². The molecule has 2 rings (SSSR count). The summed E-state index contributed by atoms with van der Waals surface area (Å²) in [5, 5.41) is 2.03. The van der Waals surface area contributed by atoms with Crippen LogP contribution in [-0.2, 0) is 19.2 Å². The second kappa shape index (κ2) is 9.72. The predicted molar refractivity (Wildman–Crippen MR) is 88.2 cm³/mol. The topological polar surface area (TPSA) is 83.5 Å². The van der Waals surface area contributed by atoms with Crippen molar-refractivity contribution in [2.24, 2.45) is 0 Å². The van der Waals surface area contributed by atoms with E-state index >= 15 is 0 Å². The Hall–Kier alpha value is -3.15. The highest BCUT2D eigenvalue weighted by Crippen LogP contribution is 2.60. The predicted octanol–water partition coefficient (Wildman–Crippen LogP) is 3.63. The van der Waals surface area contributed by atoms with Gasteiger partial charge in [0.1, 0.15) is 0 Å². The molecule has 204 valence electrons. The van der Waals surface area contributed by atoms with Crippen LogP contribution < -0.4 is 5.32 Å². The average Bonchev–Trinajstić information content (AvgIpc) is 3.25. The molecule has 0 saturated carbocycles. The summed E-state index contributed by atoms with van der Waals surface area (Å²) in [7, 11) is 0. The van der Waals surface area contributed by atoms with Gasteiger partial charge in [-0.15, -0.1) is 0 Å². The molecule has 6 nitrogen and oxygen atoms in total. The monoisotopic (exact) mass is 554 g/mol. The number of hydrogen-bond donors (Lipinski definition) is 1. The number of carbonyl (C=O) groups excluding carboxylic acids is 4. The quantitative estimate of drug-likeness (QED) is 0.367. The lowest BCUT2D eigenvalue weighted by Crippen LogP contribution is -2.70. The summed E-state index contributed by atoms with van der Waals surface area (Å²) in [4.78, 5) is 42.5. The largest absolute Gasteiger partial charge is 0.460 e. The van der Waals surface area contributed by atoms with Gasteiger partial charge in [-0.3, -0.25) is 29.4 Å². The highest BCUT2D eigenvalue weighted by molar-refractivity contribution is 6.13. The molecule has 0 saturated heterocycles. The summed E-state index contributed by atoms with van der Waals surface area (Å²) in [6.07, 6.45) is -7.66. The maximum atomic E-state index is 13.5. The summed E-state index contributed by atoms with van der Waals surface area (Å²) < 4.78 is 167. The number of hydrogen-bond acceptors (Lipinski definition) is 4. The molecule has 0 atom stereocenters. The molecule has 0 radical (unpaired) electrons. The smallest absolute Gasteiger partial charge is 0.289 e.